The summed E-state index contributed by atoms with van der Waals surface area (Å²) in [5, 5.41) is 21.2. The molecule has 0 aromatic heterocycles. The summed E-state index contributed by atoms with van der Waals surface area (Å²) >= 11 is 3.32. The number of carbonyl (C=O) groups excluding carboxylic acids is 1. The third-order valence-electron chi connectivity index (χ3n) is 3.71. The first-order valence-electron chi connectivity index (χ1n) is 6.54. The standard InChI is InChI=1S/C15H14BrN3O/c16-12-5-4-11(9-17)13(8-12)19-14(20)15(10-18)6-2-1-3-7-15/h4-5,8H,1-3,6-7H2,(H,19,20). The Hall–Kier alpha value is -1.85. The summed E-state index contributed by atoms with van der Waals surface area (Å²) in [6.07, 6.45) is 4.03. The molecule has 5 heteroatoms. The van der Waals surface area contributed by atoms with Crippen LogP contribution in [0.25, 0.3) is 0 Å². The van der Waals surface area contributed by atoms with E-state index < -0.39 is 5.41 Å². The largest absolute Gasteiger partial charge is 0.323 e. The molecular formula is C15H14BrN3O. The lowest BCUT2D eigenvalue weighted by Crippen LogP contribution is -2.37. The maximum absolute atomic E-state index is 12.4. The van der Waals surface area contributed by atoms with Crippen LogP contribution in [-0.4, -0.2) is 5.91 Å². The van der Waals surface area contributed by atoms with Crippen LogP contribution in [0.3, 0.4) is 0 Å². The highest BCUT2D eigenvalue weighted by Gasteiger charge is 2.40. The molecule has 0 aliphatic heterocycles. The van der Waals surface area contributed by atoms with Gasteiger partial charge in [-0.3, -0.25) is 4.79 Å². The molecule has 102 valence electrons. The van der Waals surface area contributed by atoms with Crippen molar-refractivity contribution < 1.29 is 4.79 Å². The number of nitrogens with one attached hydrogen (secondary N) is 1. The van der Waals surface area contributed by atoms with Crippen LogP contribution in [0.15, 0.2) is 22.7 Å². The molecule has 1 aromatic rings. The van der Waals surface area contributed by atoms with Gasteiger partial charge in [-0.1, -0.05) is 35.2 Å². The van der Waals surface area contributed by atoms with Crippen LogP contribution in [0.1, 0.15) is 37.7 Å². The van der Waals surface area contributed by atoms with Crippen molar-refractivity contribution in [1.29, 1.82) is 10.5 Å². The van der Waals surface area contributed by atoms with E-state index in [9.17, 15) is 10.1 Å². The molecule has 0 saturated heterocycles. The quantitative estimate of drug-likeness (QED) is 0.896. The SMILES string of the molecule is N#Cc1ccc(Br)cc1NC(=O)C1(C#N)CCCCC1. The third kappa shape index (κ3) is 2.84. The second-order valence-corrected chi connectivity index (χ2v) is 5.93. The monoisotopic (exact) mass is 331 g/mol. The minimum absolute atomic E-state index is 0.297. The van der Waals surface area contributed by atoms with Gasteiger partial charge >= 0.3 is 0 Å². The average molecular weight is 332 g/mol. The predicted molar refractivity (Wildman–Crippen MR) is 78.6 cm³/mol. The Balaban J connectivity index is 2.26. The highest BCUT2D eigenvalue weighted by molar-refractivity contribution is 9.10. The molecule has 1 fully saturated rings. The Bertz CT molecular complexity index is 607. The normalized spacial score (nSPS) is 16.8. The number of amides is 1. The van der Waals surface area contributed by atoms with Crippen LogP contribution in [0.2, 0.25) is 0 Å². The van der Waals surface area contributed by atoms with E-state index in [0.717, 1.165) is 23.7 Å². The maximum Gasteiger partial charge on any atom is 0.244 e. The number of halogens is 1. The van der Waals surface area contributed by atoms with E-state index in [1.807, 2.05) is 6.07 Å². The Morgan fingerprint density at radius 3 is 2.55 bits per heavy atom. The van der Waals surface area contributed by atoms with Gasteiger partial charge in [0.2, 0.25) is 5.91 Å². The molecule has 20 heavy (non-hydrogen) atoms. The summed E-state index contributed by atoms with van der Waals surface area (Å²) in [5.74, 6) is -0.297. The summed E-state index contributed by atoms with van der Waals surface area (Å²) in [4.78, 5) is 12.4. The number of hydrogen-bond donors (Lipinski definition) is 1. The lowest BCUT2D eigenvalue weighted by atomic mass is 9.74. The van der Waals surface area contributed by atoms with Gasteiger partial charge in [0.05, 0.1) is 17.3 Å². The topological polar surface area (TPSA) is 76.7 Å². The Morgan fingerprint density at radius 1 is 1.25 bits per heavy atom. The van der Waals surface area contributed by atoms with Gasteiger partial charge in [0.25, 0.3) is 0 Å². The molecule has 0 atom stereocenters. The lowest BCUT2D eigenvalue weighted by molar-refractivity contribution is -0.124. The van der Waals surface area contributed by atoms with Crippen LogP contribution >= 0.6 is 15.9 Å². The smallest absolute Gasteiger partial charge is 0.244 e. The van der Waals surface area contributed by atoms with Gasteiger partial charge in [-0.2, -0.15) is 10.5 Å². The fourth-order valence-corrected chi connectivity index (χ4v) is 2.87. The molecule has 0 spiro atoms. The van der Waals surface area contributed by atoms with Gasteiger partial charge in [0, 0.05) is 4.47 Å². The first kappa shape index (κ1) is 14.6. The van der Waals surface area contributed by atoms with Crippen LogP contribution in [-0.2, 0) is 4.79 Å². The van der Waals surface area contributed by atoms with Gasteiger partial charge in [0.15, 0.2) is 0 Å². The van der Waals surface area contributed by atoms with E-state index >= 15 is 0 Å². The summed E-state index contributed by atoms with van der Waals surface area (Å²) in [7, 11) is 0. The summed E-state index contributed by atoms with van der Waals surface area (Å²) < 4.78 is 0.779. The summed E-state index contributed by atoms with van der Waals surface area (Å²) in [6.45, 7) is 0. The molecule has 0 radical (unpaired) electrons. The Morgan fingerprint density at radius 2 is 1.95 bits per heavy atom. The second-order valence-electron chi connectivity index (χ2n) is 5.01. The molecule has 1 N–H and O–H groups in total. The molecule has 0 bridgehead atoms. The third-order valence-corrected chi connectivity index (χ3v) is 4.20. The van der Waals surface area contributed by atoms with Crippen molar-refractivity contribution in [3.05, 3.63) is 28.2 Å². The molecule has 0 heterocycles. The zero-order valence-corrected chi connectivity index (χ0v) is 12.5. The number of rotatable bonds is 2. The molecule has 4 nitrogen and oxygen atoms in total. The molecule has 2 rings (SSSR count). The molecule has 1 aliphatic rings. The predicted octanol–water partition coefficient (Wildman–Crippen LogP) is 3.73. The summed E-state index contributed by atoms with van der Waals surface area (Å²) in [5.41, 5.74) is -0.106. The second kappa shape index (κ2) is 6.07. The van der Waals surface area contributed by atoms with Crippen molar-refractivity contribution in [3.63, 3.8) is 0 Å². The molecule has 0 unspecified atom stereocenters. The molecule has 1 saturated carbocycles. The molecule has 1 aliphatic carbocycles. The number of nitrogens with zero attached hydrogens (tertiary/aromatic N) is 2. The lowest BCUT2D eigenvalue weighted by Gasteiger charge is -2.29. The Kier molecular flexibility index (Phi) is 4.42. The minimum atomic E-state index is -0.951. The van der Waals surface area contributed by atoms with Gasteiger partial charge in [-0.05, 0) is 31.0 Å². The number of nitriles is 2. The summed E-state index contributed by atoms with van der Waals surface area (Å²) in [6, 6.07) is 9.29. The molecular weight excluding hydrogens is 318 g/mol. The van der Waals surface area contributed by atoms with E-state index in [1.165, 1.54) is 0 Å². The van der Waals surface area contributed by atoms with Gasteiger partial charge in [-0.25, -0.2) is 0 Å². The average Bonchev–Trinajstić information content (AvgIpc) is 2.48. The number of hydrogen-bond acceptors (Lipinski definition) is 3. The van der Waals surface area contributed by atoms with Crippen LogP contribution in [0, 0.1) is 28.1 Å². The van der Waals surface area contributed by atoms with Crippen molar-refractivity contribution in [2.24, 2.45) is 5.41 Å². The van der Waals surface area contributed by atoms with E-state index in [0.29, 0.717) is 24.1 Å². The van der Waals surface area contributed by atoms with Gasteiger partial charge in [-0.15, -0.1) is 0 Å². The molecule has 1 amide bonds. The first-order chi connectivity index (χ1) is 9.61. The van der Waals surface area contributed by atoms with Crippen LogP contribution in [0.4, 0.5) is 5.69 Å². The Labute approximate surface area is 126 Å². The van der Waals surface area contributed by atoms with Crippen molar-refractivity contribution in [3.8, 4) is 12.1 Å². The van der Waals surface area contributed by atoms with Crippen LogP contribution < -0.4 is 5.32 Å². The van der Waals surface area contributed by atoms with Crippen LogP contribution in [0.5, 0.6) is 0 Å². The number of anilines is 1. The minimum Gasteiger partial charge on any atom is -0.323 e. The van der Waals surface area contributed by atoms with Crippen molar-refractivity contribution in [1.82, 2.24) is 0 Å². The highest BCUT2D eigenvalue weighted by atomic mass is 79.9. The molecule has 1 aromatic carbocycles. The van der Waals surface area contributed by atoms with E-state index in [2.05, 4.69) is 27.3 Å². The van der Waals surface area contributed by atoms with E-state index in [4.69, 9.17) is 5.26 Å². The van der Waals surface area contributed by atoms with E-state index in [1.54, 1.807) is 18.2 Å². The van der Waals surface area contributed by atoms with Gasteiger partial charge < -0.3 is 5.32 Å². The number of benzene rings is 1. The fraction of sp³-hybridized carbons (Fsp3) is 0.400. The van der Waals surface area contributed by atoms with Gasteiger partial charge in [0.1, 0.15) is 11.5 Å². The van der Waals surface area contributed by atoms with E-state index in [-0.39, 0.29) is 5.91 Å². The zero-order chi connectivity index (χ0) is 14.6. The van der Waals surface area contributed by atoms with Crippen molar-refractivity contribution in [2.75, 3.05) is 5.32 Å². The fourth-order valence-electron chi connectivity index (χ4n) is 2.50. The van der Waals surface area contributed by atoms with Crippen molar-refractivity contribution >= 4 is 27.5 Å². The van der Waals surface area contributed by atoms with Crippen molar-refractivity contribution in [2.45, 2.75) is 32.1 Å². The number of carbonyl (C=O) groups is 1. The first-order valence-corrected chi connectivity index (χ1v) is 7.33. The zero-order valence-electron chi connectivity index (χ0n) is 10.9. The maximum atomic E-state index is 12.4. The highest BCUT2D eigenvalue weighted by Crippen LogP contribution is 2.37.